The van der Waals surface area contributed by atoms with E-state index in [1.54, 1.807) is 13.3 Å². The molecule has 0 atom stereocenters. The Balaban J connectivity index is 2.12. The summed E-state index contributed by atoms with van der Waals surface area (Å²) in [7, 11) is 1.59. The molecule has 104 valence electrons. The van der Waals surface area contributed by atoms with E-state index in [0.717, 1.165) is 22.6 Å². The van der Waals surface area contributed by atoms with Crippen LogP contribution < -0.4 is 15.8 Å². The lowest BCUT2D eigenvalue weighted by Crippen LogP contribution is -2.11. The van der Waals surface area contributed by atoms with E-state index < -0.39 is 0 Å². The van der Waals surface area contributed by atoms with E-state index in [0.29, 0.717) is 17.4 Å². The van der Waals surface area contributed by atoms with Crippen LogP contribution in [0.4, 0.5) is 5.82 Å². The van der Waals surface area contributed by atoms with Gasteiger partial charge in [-0.25, -0.2) is 9.97 Å². The van der Waals surface area contributed by atoms with Gasteiger partial charge in [0, 0.05) is 30.1 Å². The van der Waals surface area contributed by atoms with E-state index >= 15 is 0 Å². The molecule has 20 heavy (non-hydrogen) atoms. The van der Waals surface area contributed by atoms with Crippen LogP contribution in [0.25, 0.3) is 0 Å². The molecule has 6 heteroatoms. The van der Waals surface area contributed by atoms with Crippen molar-refractivity contribution >= 4 is 23.0 Å². The van der Waals surface area contributed by atoms with Gasteiger partial charge >= 0.3 is 0 Å². The number of hydrogen-bond acceptors (Lipinski definition) is 5. The van der Waals surface area contributed by atoms with Crippen LogP contribution in [0, 0.1) is 6.92 Å². The van der Waals surface area contributed by atoms with Crippen molar-refractivity contribution in [3.05, 3.63) is 47.3 Å². The quantitative estimate of drug-likeness (QED) is 0.820. The van der Waals surface area contributed by atoms with E-state index in [4.69, 9.17) is 22.7 Å². The number of aryl methyl sites for hydroxylation is 1. The molecule has 0 radical (unpaired) electrons. The van der Waals surface area contributed by atoms with Crippen molar-refractivity contribution in [1.29, 1.82) is 0 Å². The Morgan fingerprint density at radius 3 is 2.90 bits per heavy atom. The van der Waals surface area contributed by atoms with Crippen molar-refractivity contribution in [2.24, 2.45) is 5.73 Å². The lowest BCUT2D eigenvalue weighted by Gasteiger charge is -2.09. The van der Waals surface area contributed by atoms with Gasteiger partial charge in [0.2, 0.25) is 5.88 Å². The zero-order valence-corrected chi connectivity index (χ0v) is 12.2. The van der Waals surface area contributed by atoms with Gasteiger partial charge < -0.3 is 15.8 Å². The van der Waals surface area contributed by atoms with E-state index in [2.05, 4.69) is 15.3 Å². The lowest BCUT2D eigenvalue weighted by atomic mass is 10.2. The average Bonchev–Trinajstić information content (AvgIpc) is 2.44. The highest BCUT2D eigenvalue weighted by Gasteiger charge is 2.03. The minimum absolute atomic E-state index is 0.365. The molecule has 0 aliphatic heterocycles. The number of rotatable bonds is 5. The number of methoxy groups -OCH3 is 1. The number of nitrogens with one attached hydrogen (secondary N) is 1. The number of nitrogens with zero attached hydrogens (tertiary/aromatic N) is 2. The van der Waals surface area contributed by atoms with Gasteiger partial charge in [0.15, 0.2) is 0 Å². The zero-order valence-electron chi connectivity index (χ0n) is 11.4. The summed E-state index contributed by atoms with van der Waals surface area (Å²) in [5.74, 6) is 1.33. The predicted molar refractivity (Wildman–Crippen MR) is 83.0 cm³/mol. The Morgan fingerprint density at radius 2 is 2.20 bits per heavy atom. The van der Waals surface area contributed by atoms with Crippen molar-refractivity contribution in [2.75, 3.05) is 12.4 Å². The van der Waals surface area contributed by atoms with Crippen LogP contribution >= 0.6 is 12.2 Å². The monoisotopic (exact) mass is 288 g/mol. The van der Waals surface area contributed by atoms with Gasteiger partial charge in [-0.3, -0.25) is 0 Å². The number of aromatic nitrogens is 2. The maximum atomic E-state index is 5.65. The molecule has 0 saturated heterocycles. The highest BCUT2D eigenvalue weighted by Crippen LogP contribution is 2.13. The molecule has 2 heterocycles. The topological polar surface area (TPSA) is 73.1 Å². The van der Waals surface area contributed by atoms with Gasteiger partial charge in [0.25, 0.3) is 0 Å². The Labute approximate surface area is 123 Å². The summed E-state index contributed by atoms with van der Waals surface area (Å²) in [6.07, 6.45) is 1.71. The van der Waals surface area contributed by atoms with E-state index in [-0.39, 0.29) is 0 Å². The standard InChI is InChI=1S/C14H16N4OS/c1-9-5-11(14(15)20)7-12(18-9)17-8-10-3-4-16-13(6-10)19-2/h3-7H,8H2,1-2H3,(H2,15,20)(H,17,18). The summed E-state index contributed by atoms with van der Waals surface area (Å²) < 4.78 is 5.09. The molecule has 0 amide bonds. The summed E-state index contributed by atoms with van der Waals surface area (Å²) >= 11 is 4.99. The van der Waals surface area contributed by atoms with Crippen LogP contribution in [-0.2, 0) is 6.54 Å². The second-order valence-electron chi connectivity index (χ2n) is 4.31. The van der Waals surface area contributed by atoms with Crippen LogP contribution in [0.5, 0.6) is 5.88 Å². The second kappa shape index (κ2) is 6.29. The first kappa shape index (κ1) is 14.2. The van der Waals surface area contributed by atoms with Crippen LogP contribution in [0.15, 0.2) is 30.5 Å². The molecule has 0 aromatic carbocycles. The predicted octanol–water partition coefficient (Wildman–Crippen LogP) is 2.04. The van der Waals surface area contributed by atoms with Gasteiger partial charge in [-0.1, -0.05) is 12.2 Å². The second-order valence-corrected chi connectivity index (χ2v) is 4.75. The smallest absolute Gasteiger partial charge is 0.213 e. The molecule has 2 aromatic rings. The first-order chi connectivity index (χ1) is 9.58. The number of thiocarbonyl (C=S) groups is 1. The van der Waals surface area contributed by atoms with Crippen LogP contribution in [-0.4, -0.2) is 22.1 Å². The van der Waals surface area contributed by atoms with E-state index in [1.165, 1.54) is 0 Å². The fourth-order valence-electron chi connectivity index (χ4n) is 1.77. The van der Waals surface area contributed by atoms with Crippen molar-refractivity contribution in [3.8, 4) is 5.88 Å². The molecule has 5 nitrogen and oxygen atoms in total. The molecule has 0 spiro atoms. The molecule has 0 aliphatic carbocycles. The SMILES string of the molecule is COc1cc(CNc2cc(C(N)=S)cc(C)n2)ccn1. The normalized spacial score (nSPS) is 10.1. The first-order valence-corrected chi connectivity index (χ1v) is 6.50. The molecule has 0 bridgehead atoms. The molecule has 0 aliphatic rings. The van der Waals surface area contributed by atoms with Crippen LogP contribution in [0.1, 0.15) is 16.8 Å². The van der Waals surface area contributed by atoms with Gasteiger partial charge in [0.1, 0.15) is 10.8 Å². The average molecular weight is 288 g/mol. The third kappa shape index (κ3) is 3.64. The molecule has 2 rings (SSSR count). The lowest BCUT2D eigenvalue weighted by molar-refractivity contribution is 0.397. The summed E-state index contributed by atoms with van der Waals surface area (Å²) in [6.45, 7) is 2.52. The molecule has 2 aromatic heterocycles. The summed E-state index contributed by atoms with van der Waals surface area (Å²) in [6, 6.07) is 7.49. The molecule has 0 unspecified atom stereocenters. The third-order valence-corrected chi connectivity index (χ3v) is 2.96. The Hall–Kier alpha value is -2.21. The number of anilines is 1. The minimum atomic E-state index is 0.365. The molecule has 0 saturated carbocycles. The van der Waals surface area contributed by atoms with E-state index in [9.17, 15) is 0 Å². The summed E-state index contributed by atoms with van der Waals surface area (Å²) in [5, 5.41) is 3.24. The highest BCUT2D eigenvalue weighted by molar-refractivity contribution is 7.80. The first-order valence-electron chi connectivity index (χ1n) is 6.10. The molecular formula is C14H16N4OS. The number of pyridine rings is 2. The minimum Gasteiger partial charge on any atom is -0.481 e. The number of nitrogens with two attached hydrogens (primary N) is 1. The fraction of sp³-hybridized carbons (Fsp3) is 0.214. The number of ether oxygens (including phenoxy) is 1. The van der Waals surface area contributed by atoms with Crippen molar-refractivity contribution in [2.45, 2.75) is 13.5 Å². The number of hydrogen-bond donors (Lipinski definition) is 2. The van der Waals surface area contributed by atoms with Crippen LogP contribution in [0.3, 0.4) is 0 Å². The maximum absolute atomic E-state index is 5.65. The molecular weight excluding hydrogens is 272 g/mol. The van der Waals surface area contributed by atoms with Crippen LogP contribution in [0.2, 0.25) is 0 Å². The Morgan fingerprint density at radius 1 is 1.40 bits per heavy atom. The maximum Gasteiger partial charge on any atom is 0.213 e. The summed E-state index contributed by atoms with van der Waals surface area (Å²) in [4.78, 5) is 8.83. The van der Waals surface area contributed by atoms with Gasteiger partial charge in [0.05, 0.1) is 7.11 Å². The fourth-order valence-corrected chi connectivity index (χ4v) is 1.88. The van der Waals surface area contributed by atoms with E-state index in [1.807, 2.05) is 31.2 Å². The van der Waals surface area contributed by atoms with Crippen molar-refractivity contribution in [3.63, 3.8) is 0 Å². The van der Waals surface area contributed by atoms with Gasteiger partial charge in [-0.2, -0.15) is 0 Å². The Bertz CT molecular complexity index is 630. The highest BCUT2D eigenvalue weighted by atomic mass is 32.1. The van der Waals surface area contributed by atoms with Crippen molar-refractivity contribution < 1.29 is 4.74 Å². The molecule has 0 fully saturated rings. The molecule has 3 N–H and O–H groups in total. The third-order valence-electron chi connectivity index (χ3n) is 2.72. The van der Waals surface area contributed by atoms with Gasteiger partial charge in [-0.05, 0) is 30.7 Å². The van der Waals surface area contributed by atoms with Gasteiger partial charge in [-0.15, -0.1) is 0 Å². The Kier molecular flexibility index (Phi) is 4.47. The largest absolute Gasteiger partial charge is 0.481 e. The summed E-state index contributed by atoms with van der Waals surface area (Å²) in [5.41, 5.74) is 8.37. The van der Waals surface area contributed by atoms with Crippen molar-refractivity contribution in [1.82, 2.24) is 9.97 Å². The zero-order chi connectivity index (χ0) is 14.5.